The lowest BCUT2D eigenvalue weighted by Crippen LogP contribution is -2.00. The SMILES string of the molecule is N#Cc1ccc2c(c1)c1ccccc1n2-c1ccc(-c2c(C#N)cccc2-n2c3ccccc3c3ccccc32)cc1. The van der Waals surface area contributed by atoms with Crippen LogP contribution in [0.15, 0.2) is 133 Å². The fraction of sp³-hybridized carbons (Fsp3) is 0. The molecule has 0 aliphatic rings. The van der Waals surface area contributed by atoms with Gasteiger partial charge < -0.3 is 9.13 Å². The zero-order chi connectivity index (χ0) is 28.2. The lowest BCUT2D eigenvalue weighted by atomic mass is 9.97. The van der Waals surface area contributed by atoms with E-state index >= 15 is 0 Å². The highest BCUT2D eigenvalue weighted by molar-refractivity contribution is 6.11. The van der Waals surface area contributed by atoms with Crippen molar-refractivity contribution in [2.24, 2.45) is 0 Å². The lowest BCUT2D eigenvalue weighted by molar-refractivity contribution is 1.17. The molecule has 0 radical (unpaired) electrons. The van der Waals surface area contributed by atoms with Crippen molar-refractivity contribution in [3.05, 3.63) is 145 Å². The molecule has 6 aromatic carbocycles. The van der Waals surface area contributed by atoms with E-state index in [1.807, 2.05) is 42.5 Å². The quantitative estimate of drug-likeness (QED) is 0.227. The standard InChI is InChI=1S/C38H22N4/c39-23-25-16-21-36-32(22-25)31-11-3-4-12-33(31)41(36)28-19-17-26(18-20-28)38-27(24-40)8-7-15-37(38)42-34-13-5-1-9-29(34)30-10-2-6-14-35(30)42/h1-22H. The first-order valence-corrected chi connectivity index (χ1v) is 13.8. The van der Waals surface area contributed by atoms with E-state index in [4.69, 9.17) is 0 Å². The number of nitrogens with zero attached hydrogens (tertiary/aromatic N) is 4. The first kappa shape index (κ1) is 23.8. The van der Waals surface area contributed by atoms with Crippen molar-refractivity contribution in [1.29, 1.82) is 10.5 Å². The molecule has 0 unspecified atom stereocenters. The Balaban J connectivity index is 1.35. The van der Waals surface area contributed by atoms with Crippen LogP contribution in [0.5, 0.6) is 0 Å². The average Bonchev–Trinajstić information content (AvgIpc) is 3.57. The largest absolute Gasteiger partial charge is 0.309 e. The Morgan fingerprint density at radius 1 is 0.452 bits per heavy atom. The minimum atomic E-state index is 0.628. The van der Waals surface area contributed by atoms with Crippen LogP contribution >= 0.6 is 0 Å². The first-order valence-electron chi connectivity index (χ1n) is 13.8. The second-order valence-corrected chi connectivity index (χ2v) is 10.4. The Labute approximate surface area is 242 Å². The number of hydrogen-bond donors (Lipinski definition) is 0. The number of para-hydroxylation sites is 3. The van der Waals surface area contributed by atoms with Gasteiger partial charge in [0.2, 0.25) is 0 Å². The Kier molecular flexibility index (Phi) is 5.22. The van der Waals surface area contributed by atoms with Gasteiger partial charge in [-0.2, -0.15) is 10.5 Å². The molecule has 0 aliphatic carbocycles. The molecule has 194 valence electrons. The molecule has 2 aromatic heterocycles. The number of rotatable bonds is 3. The number of nitriles is 2. The molecule has 0 saturated carbocycles. The molecular weight excluding hydrogens is 512 g/mol. The van der Waals surface area contributed by atoms with Gasteiger partial charge in [0.1, 0.15) is 0 Å². The predicted octanol–water partition coefficient (Wildman–Crippen LogP) is 9.29. The van der Waals surface area contributed by atoms with Gasteiger partial charge in [0.05, 0.1) is 51.0 Å². The molecule has 8 aromatic rings. The lowest BCUT2D eigenvalue weighted by Gasteiger charge is -2.16. The van der Waals surface area contributed by atoms with E-state index in [9.17, 15) is 10.5 Å². The van der Waals surface area contributed by atoms with Gasteiger partial charge in [-0.15, -0.1) is 0 Å². The minimum Gasteiger partial charge on any atom is -0.309 e. The van der Waals surface area contributed by atoms with Crippen LogP contribution in [-0.4, -0.2) is 9.13 Å². The van der Waals surface area contributed by atoms with E-state index in [1.54, 1.807) is 0 Å². The molecule has 0 spiro atoms. The van der Waals surface area contributed by atoms with Crippen molar-refractivity contribution in [1.82, 2.24) is 9.13 Å². The minimum absolute atomic E-state index is 0.628. The van der Waals surface area contributed by atoms with Crippen molar-refractivity contribution in [2.45, 2.75) is 0 Å². The van der Waals surface area contributed by atoms with E-state index in [2.05, 4.69) is 112 Å². The maximum absolute atomic E-state index is 10.2. The van der Waals surface area contributed by atoms with Gasteiger partial charge in [-0.3, -0.25) is 0 Å². The highest BCUT2D eigenvalue weighted by Crippen LogP contribution is 2.38. The highest BCUT2D eigenvalue weighted by Gasteiger charge is 2.18. The van der Waals surface area contributed by atoms with E-state index < -0.39 is 0 Å². The van der Waals surface area contributed by atoms with Crippen LogP contribution in [0.25, 0.3) is 66.1 Å². The van der Waals surface area contributed by atoms with Gasteiger partial charge in [-0.1, -0.05) is 72.8 Å². The molecule has 0 fully saturated rings. The van der Waals surface area contributed by atoms with Crippen molar-refractivity contribution >= 4 is 43.6 Å². The average molecular weight is 535 g/mol. The number of aromatic nitrogens is 2. The summed E-state index contributed by atoms with van der Waals surface area (Å²) in [4.78, 5) is 0. The summed E-state index contributed by atoms with van der Waals surface area (Å²) >= 11 is 0. The summed E-state index contributed by atoms with van der Waals surface area (Å²) < 4.78 is 4.51. The first-order chi connectivity index (χ1) is 20.8. The van der Waals surface area contributed by atoms with Gasteiger partial charge in [-0.05, 0) is 66.2 Å². The van der Waals surface area contributed by atoms with Crippen molar-refractivity contribution in [3.63, 3.8) is 0 Å². The topological polar surface area (TPSA) is 57.4 Å². The third-order valence-corrected chi connectivity index (χ3v) is 8.20. The Morgan fingerprint density at radius 2 is 1.02 bits per heavy atom. The third kappa shape index (κ3) is 3.40. The summed E-state index contributed by atoms with van der Waals surface area (Å²) in [5.74, 6) is 0. The Bertz CT molecular complexity index is 2370. The summed E-state index contributed by atoms with van der Waals surface area (Å²) in [5.41, 5.74) is 9.48. The predicted molar refractivity (Wildman–Crippen MR) is 170 cm³/mol. The van der Waals surface area contributed by atoms with Crippen LogP contribution in [-0.2, 0) is 0 Å². The Hall–Kier alpha value is -6.10. The monoisotopic (exact) mass is 534 g/mol. The number of fused-ring (bicyclic) bond motifs is 6. The van der Waals surface area contributed by atoms with Gasteiger partial charge in [0, 0.05) is 32.8 Å². The maximum Gasteiger partial charge on any atom is 0.0998 e. The zero-order valence-electron chi connectivity index (χ0n) is 22.5. The van der Waals surface area contributed by atoms with Crippen LogP contribution < -0.4 is 0 Å². The summed E-state index contributed by atoms with van der Waals surface area (Å²) in [6.07, 6.45) is 0. The highest BCUT2D eigenvalue weighted by atomic mass is 15.0. The molecule has 0 N–H and O–H groups in total. The zero-order valence-corrected chi connectivity index (χ0v) is 22.5. The number of hydrogen-bond acceptors (Lipinski definition) is 2. The summed E-state index contributed by atoms with van der Waals surface area (Å²) in [7, 11) is 0. The molecule has 0 saturated heterocycles. The smallest absolute Gasteiger partial charge is 0.0998 e. The summed E-state index contributed by atoms with van der Waals surface area (Å²) in [6.45, 7) is 0. The van der Waals surface area contributed by atoms with Crippen LogP contribution in [0.4, 0.5) is 0 Å². The Morgan fingerprint density at radius 3 is 1.64 bits per heavy atom. The molecule has 4 heteroatoms. The van der Waals surface area contributed by atoms with Crippen LogP contribution in [0.1, 0.15) is 11.1 Å². The normalized spacial score (nSPS) is 11.3. The molecular formula is C38H22N4. The van der Waals surface area contributed by atoms with E-state index in [-0.39, 0.29) is 0 Å². The molecule has 0 atom stereocenters. The van der Waals surface area contributed by atoms with Gasteiger partial charge in [0.25, 0.3) is 0 Å². The van der Waals surface area contributed by atoms with Crippen LogP contribution in [0, 0.1) is 22.7 Å². The van der Waals surface area contributed by atoms with Gasteiger partial charge in [-0.25, -0.2) is 0 Å². The molecule has 0 bridgehead atoms. The molecule has 0 aliphatic heterocycles. The maximum atomic E-state index is 10.2. The van der Waals surface area contributed by atoms with Crippen LogP contribution in [0.3, 0.4) is 0 Å². The fourth-order valence-electron chi connectivity index (χ4n) is 6.40. The van der Waals surface area contributed by atoms with Gasteiger partial charge >= 0.3 is 0 Å². The summed E-state index contributed by atoms with van der Waals surface area (Å²) in [6, 6.07) is 50.1. The number of benzene rings is 6. The second-order valence-electron chi connectivity index (χ2n) is 10.4. The molecule has 42 heavy (non-hydrogen) atoms. The molecule has 0 amide bonds. The van der Waals surface area contributed by atoms with Gasteiger partial charge in [0.15, 0.2) is 0 Å². The molecule has 8 rings (SSSR count). The van der Waals surface area contributed by atoms with Crippen molar-refractivity contribution in [3.8, 4) is 34.6 Å². The second kappa shape index (κ2) is 9.24. The van der Waals surface area contributed by atoms with Crippen molar-refractivity contribution < 1.29 is 0 Å². The van der Waals surface area contributed by atoms with E-state index in [1.165, 1.54) is 10.8 Å². The summed E-state index contributed by atoms with van der Waals surface area (Å²) in [5, 5.41) is 24.3. The van der Waals surface area contributed by atoms with E-state index in [0.29, 0.717) is 11.1 Å². The van der Waals surface area contributed by atoms with Crippen LogP contribution in [0.2, 0.25) is 0 Å². The molecule has 4 nitrogen and oxygen atoms in total. The third-order valence-electron chi connectivity index (χ3n) is 8.20. The van der Waals surface area contributed by atoms with Crippen molar-refractivity contribution in [2.75, 3.05) is 0 Å². The van der Waals surface area contributed by atoms with E-state index in [0.717, 1.165) is 55.3 Å². The molecule has 2 heterocycles. The fourth-order valence-corrected chi connectivity index (χ4v) is 6.40.